The van der Waals surface area contributed by atoms with E-state index >= 15 is 0 Å². The molecule has 1 N–H and O–H groups in total. The van der Waals surface area contributed by atoms with Crippen LogP contribution in [-0.4, -0.2) is 30.7 Å². The molecule has 1 fully saturated rings. The normalized spacial score (nSPS) is 18.2. The highest BCUT2D eigenvalue weighted by atomic mass is 16.7. The molecule has 0 aliphatic carbocycles. The van der Waals surface area contributed by atoms with Crippen molar-refractivity contribution in [1.29, 1.82) is 0 Å². The van der Waals surface area contributed by atoms with Gasteiger partial charge in [-0.05, 0) is 59.9 Å². The number of rotatable bonds is 5. The van der Waals surface area contributed by atoms with E-state index in [1.807, 2.05) is 31.2 Å². The smallest absolute Gasteiger partial charge is 0.300 e. The fraction of sp³-hybridized carbons (Fsp3) is 0.241. The summed E-state index contributed by atoms with van der Waals surface area (Å²) in [6.45, 7) is 6.10. The van der Waals surface area contributed by atoms with Crippen LogP contribution in [0.4, 0.5) is 5.69 Å². The number of fused-ring (bicyclic) bond motifs is 1. The number of Topliss-reactive ketones (excluding diaryl/α,β-unsaturated/α-hetero) is 1. The van der Waals surface area contributed by atoms with Gasteiger partial charge in [-0.3, -0.25) is 14.5 Å². The van der Waals surface area contributed by atoms with Crippen molar-refractivity contribution >= 4 is 23.1 Å². The molecule has 7 nitrogen and oxygen atoms in total. The molecule has 0 bridgehead atoms. The van der Waals surface area contributed by atoms with Gasteiger partial charge in [-0.1, -0.05) is 38.1 Å². The molecule has 1 atom stereocenters. The van der Waals surface area contributed by atoms with Gasteiger partial charge in [0, 0.05) is 17.3 Å². The summed E-state index contributed by atoms with van der Waals surface area (Å²) in [6.07, 6.45) is 0. The molecule has 1 saturated heterocycles. The van der Waals surface area contributed by atoms with Crippen molar-refractivity contribution in [3.05, 3.63) is 88.5 Å². The number of benzene rings is 3. The molecule has 0 spiro atoms. The van der Waals surface area contributed by atoms with E-state index in [0.29, 0.717) is 40.0 Å². The fourth-order valence-electron chi connectivity index (χ4n) is 4.69. The summed E-state index contributed by atoms with van der Waals surface area (Å²) < 4.78 is 16.2. The van der Waals surface area contributed by atoms with Gasteiger partial charge in [0.1, 0.15) is 11.5 Å². The molecule has 5 rings (SSSR count). The lowest BCUT2D eigenvalue weighted by molar-refractivity contribution is -0.132. The molecule has 1 amide bonds. The molecular weight excluding hydrogens is 458 g/mol. The Morgan fingerprint density at radius 1 is 1.00 bits per heavy atom. The standard InChI is InChI=1S/C29H27NO6/c1-16(2)18-5-7-19(8-6-18)26-25(27(31)22-11-10-21(34-4)13-17(22)3)28(32)29(33)30(26)20-9-12-23-24(14-20)36-15-35-23/h5-14,16,26,31H,15H2,1-4H3/b27-25+. The third kappa shape index (κ3) is 3.86. The summed E-state index contributed by atoms with van der Waals surface area (Å²) in [5.41, 5.74) is 3.53. The van der Waals surface area contributed by atoms with Gasteiger partial charge >= 0.3 is 0 Å². The van der Waals surface area contributed by atoms with Crippen molar-refractivity contribution in [2.45, 2.75) is 32.7 Å². The Balaban J connectivity index is 1.70. The highest BCUT2D eigenvalue weighted by Gasteiger charge is 2.47. The first-order chi connectivity index (χ1) is 17.3. The number of anilines is 1. The molecule has 36 heavy (non-hydrogen) atoms. The van der Waals surface area contributed by atoms with Crippen LogP contribution in [0.2, 0.25) is 0 Å². The van der Waals surface area contributed by atoms with Crippen LogP contribution in [0.15, 0.2) is 66.2 Å². The topological polar surface area (TPSA) is 85.3 Å². The second kappa shape index (κ2) is 9.07. The largest absolute Gasteiger partial charge is 0.507 e. The first-order valence-electron chi connectivity index (χ1n) is 11.8. The Hall–Kier alpha value is -4.26. The molecule has 3 aromatic rings. The highest BCUT2D eigenvalue weighted by Crippen LogP contribution is 2.45. The Bertz CT molecular complexity index is 1390. The first-order valence-corrected chi connectivity index (χ1v) is 11.8. The Kier molecular flexibility index (Phi) is 5.92. The minimum absolute atomic E-state index is 0.0308. The van der Waals surface area contributed by atoms with Gasteiger partial charge in [0.05, 0.1) is 18.7 Å². The second-order valence-electron chi connectivity index (χ2n) is 9.21. The molecule has 2 aliphatic rings. The third-order valence-corrected chi connectivity index (χ3v) is 6.69. The number of aliphatic hydroxyl groups excluding tert-OH is 1. The molecule has 2 heterocycles. The number of nitrogens with zero attached hydrogens (tertiary/aromatic N) is 1. The van der Waals surface area contributed by atoms with Crippen LogP contribution in [0.3, 0.4) is 0 Å². The minimum atomic E-state index is -0.826. The van der Waals surface area contributed by atoms with Gasteiger partial charge in [-0.25, -0.2) is 0 Å². The van der Waals surface area contributed by atoms with Crippen molar-refractivity contribution in [3.8, 4) is 17.2 Å². The van der Waals surface area contributed by atoms with Gasteiger partial charge in [0.25, 0.3) is 11.7 Å². The average Bonchev–Trinajstić information content (AvgIpc) is 3.45. The zero-order valence-corrected chi connectivity index (χ0v) is 20.6. The quantitative estimate of drug-likeness (QED) is 0.293. The number of aryl methyl sites for hydroxylation is 1. The van der Waals surface area contributed by atoms with E-state index in [1.165, 1.54) is 4.90 Å². The number of aliphatic hydroxyl groups is 1. The van der Waals surface area contributed by atoms with Crippen LogP contribution in [0.1, 0.15) is 48.1 Å². The van der Waals surface area contributed by atoms with E-state index in [1.54, 1.807) is 43.5 Å². The number of carbonyl (C=O) groups excluding carboxylic acids is 2. The predicted molar refractivity (Wildman–Crippen MR) is 136 cm³/mol. The predicted octanol–water partition coefficient (Wildman–Crippen LogP) is 5.48. The lowest BCUT2D eigenvalue weighted by atomic mass is 9.92. The lowest BCUT2D eigenvalue weighted by Gasteiger charge is -2.26. The Morgan fingerprint density at radius 2 is 1.72 bits per heavy atom. The number of ketones is 1. The Morgan fingerprint density at radius 3 is 2.39 bits per heavy atom. The number of methoxy groups -OCH3 is 1. The maximum absolute atomic E-state index is 13.4. The summed E-state index contributed by atoms with van der Waals surface area (Å²) in [5.74, 6) is 0.316. The van der Waals surface area contributed by atoms with Crippen molar-refractivity contribution in [1.82, 2.24) is 0 Å². The highest BCUT2D eigenvalue weighted by molar-refractivity contribution is 6.51. The second-order valence-corrected chi connectivity index (χ2v) is 9.21. The van der Waals surface area contributed by atoms with Crippen LogP contribution in [-0.2, 0) is 9.59 Å². The Labute approximate surface area is 209 Å². The van der Waals surface area contributed by atoms with E-state index in [9.17, 15) is 14.7 Å². The van der Waals surface area contributed by atoms with E-state index in [-0.39, 0.29) is 18.1 Å². The first kappa shape index (κ1) is 23.5. The summed E-state index contributed by atoms with van der Waals surface area (Å²) in [6, 6.07) is 17.2. The maximum atomic E-state index is 13.4. The van der Waals surface area contributed by atoms with E-state index in [0.717, 1.165) is 11.1 Å². The van der Waals surface area contributed by atoms with Crippen molar-refractivity contribution in [3.63, 3.8) is 0 Å². The van der Waals surface area contributed by atoms with Gasteiger partial charge in [-0.2, -0.15) is 0 Å². The molecule has 0 saturated carbocycles. The zero-order chi connectivity index (χ0) is 25.6. The van der Waals surface area contributed by atoms with Crippen LogP contribution in [0.25, 0.3) is 5.76 Å². The van der Waals surface area contributed by atoms with Crippen molar-refractivity contribution in [2.24, 2.45) is 0 Å². The van der Waals surface area contributed by atoms with E-state index < -0.39 is 17.7 Å². The van der Waals surface area contributed by atoms with Gasteiger partial charge in [0.2, 0.25) is 6.79 Å². The van der Waals surface area contributed by atoms with E-state index in [2.05, 4.69) is 13.8 Å². The summed E-state index contributed by atoms with van der Waals surface area (Å²) in [7, 11) is 1.56. The maximum Gasteiger partial charge on any atom is 0.300 e. The molecule has 0 aromatic heterocycles. The summed E-state index contributed by atoms with van der Waals surface area (Å²) in [5, 5.41) is 11.4. The third-order valence-electron chi connectivity index (χ3n) is 6.69. The number of carbonyl (C=O) groups is 2. The molecule has 1 unspecified atom stereocenters. The number of hydrogen-bond acceptors (Lipinski definition) is 6. The van der Waals surface area contributed by atoms with Crippen LogP contribution < -0.4 is 19.1 Å². The molecule has 184 valence electrons. The van der Waals surface area contributed by atoms with E-state index in [4.69, 9.17) is 14.2 Å². The van der Waals surface area contributed by atoms with Crippen LogP contribution >= 0.6 is 0 Å². The fourth-order valence-corrected chi connectivity index (χ4v) is 4.69. The number of ether oxygens (including phenoxy) is 3. The summed E-state index contributed by atoms with van der Waals surface area (Å²) in [4.78, 5) is 28.3. The number of amides is 1. The van der Waals surface area contributed by atoms with Gasteiger partial charge in [0.15, 0.2) is 11.5 Å². The average molecular weight is 486 g/mol. The summed E-state index contributed by atoms with van der Waals surface area (Å²) >= 11 is 0. The zero-order valence-electron chi connectivity index (χ0n) is 20.6. The van der Waals surface area contributed by atoms with Crippen LogP contribution in [0, 0.1) is 6.92 Å². The molecule has 3 aromatic carbocycles. The SMILES string of the molecule is COc1ccc(/C(O)=C2\C(=O)C(=O)N(c3ccc4c(c3)OCO4)C2c2ccc(C(C)C)cc2)c(C)c1. The van der Waals surface area contributed by atoms with Crippen molar-refractivity contribution in [2.75, 3.05) is 18.8 Å². The minimum Gasteiger partial charge on any atom is -0.507 e. The van der Waals surface area contributed by atoms with Gasteiger partial charge < -0.3 is 19.3 Å². The molecular formula is C29H27NO6. The monoisotopic (exact) mass is 485 g/mol. The van der Waals surface area contributed by atoms with Gasteiger partial charge in [-0.15, -0.1) is 0 Å². The molecule has 2 aliphatic heterocycles. The molecule has 0 radical (unpaired) electrons. The lowest BCUT2D eigenvalue weighted by Crippen LogP contribution is -2.29. The number of hydrogen-bond donors (Lipinski definition) is 1. The van der Waals surface area contributed by atoms with Crippen LogP contribution in [0.5, 0.6) is 17.2 Å². The van der Waals surface area contributed by atoms with Crippen molar-refractivity contribution < 1.29 is 28.9 Å². The molecule has 7 heteroatoms.